The van der Waals surface area contributed by atoms with Crippen molar-refractivity contribution >= 4 is 0 Å². The molecule has 3 rings (SSSR count). The Morgan fingerprint density at radius 1 is 0.833 bits per heavy atom. The summed E-state index contributed by atoms with van der Waals surface area (Å²) in [5.41, 5.74) is 0. The molecule has 1 aliphatic carbocycles. The first-order valence-corrected chi connectivity index (χ1v) is 8.32. The first kappa shape index (κ1) is 12.9. The predicted molar refractivity (Wildman–Crippen MR) is 76.8 cm³/mol. The summed E-state index contributed by atoms with van der Waals surface area (Å²) < 4.78 is 0. The van der Waals surface area contributed by atoms with Crippen molar-refractivity contribution in [3.63, 3.8) is 0 Å². The summed E-state index contributed by atoms with van der Waals surface area (Å²) in [4.78, 5) is 5.58. The zero-order valence-corrected chi connectivity index (χ0v) is 12.1. The first-order chi connectivity index (χ1) is 8.84. The highest BCUT2D eigenvalue weighted by Gasteiger charge is 2.33. The van der Waals surface area contributed by atoms with E-state index in [9.17, 15) is 0 Å². The Hall–Kier alpha value is -0.0800. The molecule has 0 N–H and O–H groups in total. The maximum Gasteiger partial charge on any atom is 0.0223 e. The summed E-state index contributed by atoms with van der Waals surface area (Å²) in [6.07, 6.45) is 11.8. The molecule has 2 heterocycles. The number of piperazine rings is 1. The molecule has 2 nitrogen and oxygen atoms in total. The zero-order valence-electron chi connectivity index (χ0n) is 12.1. The van der Waals surface area contributed by atoms with Crippen molar-refractivity contribution in [3.8, 4) is 0 Å². The average molecular weight is 250 g/mol. The molecule has 3 aliphatic rings. The van der Waals surface area contributed by atoms with Crippen LogP contribution in [0.25, 0.3) is 0 Å². The molecule has 0 bridgehead atoms. The Bertz CT molecular complexity index is 257. The SMILES string of the molecule is CC(C1CCCCC1)N1CCN2CCCCC2C1. The van der Waals surface area contributed by atoms with E-state index in [1.165, 1.54) is 77.5 Å². The summed E-state index contributed by atoms with van der Waals surface area (Å²) >= 11 is 0. The van der Waals surface area contributed by atoms with Crippen LogP contribution in [0.2, 0.25) is 0 Å². The third kappa shape index (κ3) is 2.75. The molecule has 0 amide bonds. The van der Waals surface area contributed by atoms with Crippen LogP contribution >= 0.6 is 0 Å². The molecule has 2 heteroatoms. The quantitative estimate of drug-likeness (QED) is 0.743. The first-order valence-electron chi connectivity index (χ1n) is 8.32. The van der Waals surface area contributed by atoms with Crippen molar-refractivity contribution < 1.29 is 0 Å². The number of nitrogens with zero attached hydrogens (tertiary/aromatic N) is 2. The van der Waals surface area contributed by atoms with Gasteiger partial charge in [0.15, 0.2) is 0 Å². The average Bonchev–Trinajstić information content (AvgIpc) is 2.47. The Labute approximate surface area is 113 Å². The van der Waals surface area contributed by atoms with Crippen LogP contribution < -0.4 is 0 Å². The third-order valence-electron chi connectivity index (χ3n) is 5.78. The molecule has 0 spiro atoms. The molecule has 2 unspecified atom stereocenters. The molecule has 0 radical (unpaired) electrons. The molecular formula is C16H30N2. The molecule has 0 aromatic carbocycles. The minimum absolute atomic E-state index is 0.842. The highest BCUT2D eigenvalue weighted by atomic mass is 15.3. The topological polar surface area (TPSA) is 6.48 Å². The number of fused-ring (bicyclic) bond motifs is 1. The van der Waals surface area contributed by atoms with Gasteiger partial charge in [-0.1, -0.05) is 25.7 Å². The Morgan fingerprint density at radius 3 is 2.44 bits per heavy atom. The third-order valence-corrected chi connectivity index (χ3v) is 5.78. The van der Waals surface area contributed by atoms with Crippen LogP contribution in [0.4, 0.5) is 0 Å². The van der Waals surface area contributed by atoms with Gasteiger partial charge in [0.2, 0.25) is 0 Å². The molecule has 3 fully saturated rings. The predicted octanol–water partition coefficient (Wildman–Crippen LogP) is 3.13. The Kier molecular flexibility index (Phi) is 4.25. The van der Waals surface area contributed by atoms with Gasteiger partial charge >= 0.3 is 0 Å². The van der Waals surface area contributed by atoms with Crippen LogP contribution in [0.15, 0.2) is 0 Å². The van der Waals surface area contributed by atoms with E-state index in [1.807, 2.05) is 0 Å². The Balaban J connectivity index is 1.55. The van der Waals surface area contributed by atoms with E-state index in [2.05, 4.69) is 16.7 Å². The van der Waals surface area contributed by atoms with E-state index in [-0.39, 0.29) is 0 Å². The van der Waals surface area contributed by atoms with Gasteiger partial charge in [-0.05, 0) is 45.1 Å². The van der Waals surface area contributed by atoms with Gasteiger partial charge in [-0.2, -0.15) is 0 Å². The van der Waals surface area contributed by atoms with Crippen molar-refractivity contribution in [2.75, 3.05) is 26.2 Å². The fourth-order valence-electron chi connectivity index (χ4n) is 4.46. The van der Waals surface area contributed by atoms with E-state index in [0.29, 0.717) is 0 Å². The molecule has 2 atom stereocenters. The molecule has 1 saturated carbocycles. The van der Waals surface area contributed by atoms with Crippen LogP contribution in [0, 0.1) is 5.92 Å². The van der Waals surface area contributed by atoms with Crippen LogP contribution in [0.5, 0.6) is 0 Å². The largest absolute Gasteiger partial charge is 0.298 e. The molecule has 2 saturated heterocycles. The second kappa shape index (κ2) is 5.92. The van der Waals surface area contributed by atoms with Gasteiger partial charge in [0.25, 0.3) is 0 Å². The van der Waals surface area contributed by atoms with E-state index in [1.54, 1.807) is 0 Å². The van der Waals surface area contributed by atoms with Crippen molar-refractivity contribution in [1.82, 2.24) is 9.80 Å². The molecule has 0 aromatic rings. The van der Waals surface area contributed by atoms with Crippen LogP contribution in [0.3, 0.4) is 0 Å². The van der Waals surface area contributed by atoms with Gasteiger partial charge in [-0.25, -0.2) is 0 Å². The van der Waals surface area contributed by atoms with Crippen molar-refractivity contribution in [2.24, 2.45) is 5.92 Å². The summed E-state index contributed by atoms with van der Waals surface area (Å²) in [6.45, 7) is 7.90. The van der Waals surface area contributed by atoms with E-state index >= 15 is 0 Å². The molecular weight excluding hydrogens is 220 g/mol. The minimum Gasteiger partial charge on any atom is -0.298 e. The normalized spacial score (nSPS) is 34.2. The maximum absolute atomic E-state index is 2.82. The van der Waals surface area contributed by atoms with Crippen molar-refractivity contribution in [3.05, 3.63) is 0 Å². The highest BCUT2D eigenvalue weighted by Crippen LogP contribution is 2.31. The molecule has 104 valence electrons. The van der Waals surface area contributed by atoms with Gasteiger partial charge in [0, 0.05) is 31.7 Å². The fourth-order valence-corrected chi connectivity index (χ4v) is 4.46. The molecule has 2 aliphatic heterocycles. The van der Waals surface area contributed by atoms with Crippen LogP contribution in [0.1, 0.15) is 58.3 Å². The number of hydrogen-bond donors (Lipinski definition) is 0. The molecule has 18 heavy (non-hydrogen) atoms. The lowest BCUT2D eigenvalue weighted by Crippen LogP contribution is -2.57. The lowest BCUT2D eigenvalue weighted by molar-refractivity contribution is 0.0123. The second-order valence-corrected chi connectivity index (χ2v) is 6.82. The van der Waals surface area contributed by atoms with Gasteiger partial charge in [0.1, 0.15) is 0 Å². The van der Waals surface area contributed by atoms with Gasteiger partial charge in [-0.15, -0.1) is 0 Å². The molecule has 0 aromatic heterocycles. The second-order valence-electron chi connectivity index (χ2n) is 6.82. The number of rotatable bonds is 2. The van der Waals surface area contributed by atoms with E-state index < -0.39 is 0 Å². The fraction of sp³-hybridized carbons (Fsp3) is 1.00. The lowest BCUT2D eigenvalue weighted by atomic mass is 9.83. The summed E-state index contributed by atoms with van der Waals surface area (Å²) in [5, 5.41) is 0. The maximum atomic E-state index is 2.82. The van der Waals surface area contributed by atoms with Gasteiger partial charge in [0.05, 0.1) is 0 Å². The minimum atomic E-state index is 0.842. The summed E-state index contributed by atoms with van der Waals surface area (Å²) in [7, 11) is 0. The standard InChI is InChI=1S/C16H30N2/c1-14(15-7-3-2-4-8-15)18-12-11-17-10-6-5-9-16(17)13-18/h14-16H,2-13H2,1H3. The van der Waals surface area contributed by atoms with Gasteiger partial charge in [-0.3, -0.25) is 9.80 Å². The number of hydrogen-bond acceptors (Lipinski definition) is 2. The smallest absolute Gasteiger partial charge is 0.0223 e. The van der Waals surface area contributed by atoms with Crippen molar-refractivity contribution in [1.29, 1.82) is 0 Å². The summed E-state index contributed by atoms with van der Waals surface area (Å²) in [5.74, 6) is 0.994. The number of piperidine rings is 1. The van der Waals surface area contributed by atoms with Crippen molar-refractivity contribution in [2.45, 2.75) is 70.4 Å². The van der Waals surface area contributed by atoms with Gasteiger partial charge < -0.3 is 0 Å². The lowest BCUT2D eigenvalue weighted by Gasteiger charge is -2.47. The van der Waals surface area contributed by atoms with Crippen LogP contribution in [-0.2, 0) is 0 Å². The van der Waals surface area contributed by atoms with E-state index in [0.717, 1.165) is 18.0 Å². The Morgan fingerprint density at radius 2 is 1.61 bits per heavy atom. The van der Waals surface area contributed by atoms with Crippen LogP contribution in [-0.4, -0.2) is 48.1 Å². The van der Waals surface area contributed by atoms with E-state index in [4.69, 9.17) is 0 Å². The highest BCUT2D eigenvalue weighted by molar-refractivity contribution is 4.89. The summed E-state index contributed by atoms with van der Waals surface area (Å²) in [6, 6.07) is 1.73. The monoisotopic (exact) mass is 250 g/mol. The zero-order chi connectivity index (χ0) is 12.4.